The Morgan fingerprint density at radius 2 is 1.83 bits per heavy atom. The summed E-state index contributed by atoms with van der Waals surface area (Å²) in [7, 11) is 1.64. The normalized spacial score (nSPS) is 11.7. The highest BCUT2D eigenvalue weighted by Crippen LogP contribution is 2.25. The average Bonchev–Trinajstić information content (AvgIpc) is 3.22. The first-order valence-electron chi connectivity index (χ1n) is 9.87. The number of H-pyrrole nitrogens is 1. The van der Waals surface area contributed by atoms with Gasteiger partial charge in [0.1, 0.15) is 0 Å². The second-order valence-electron chi connectivity index (χ2n) is 6.98. The number of imidazole rings is 1. The van der Waals surface area contributed by atoms with Gasteiger partial charge in [-0.2, -0.15) is 0 Å². The molecule has 0 aliphatic rings. The summed E-state index contributed by atoms with van der Waals surface area (Å²) in [5.41, 5.74) is 3.80. The van der Waals surface area contributed by atoms with E-state index in [0.29, 0.717) is 5.16 Å². The molecule has 2 N–H and O–H groups in total. The topological polar surface area (TPSA) is 78.1 Å². The molecule has 6 nitrogen and oxygen atoms in total. The SMILES string of the molecule is CCc1ccccc1NC(=O)CN(C)C(=O)C(C)Sc1ncc(-c2ccccc2)[nH]1. The summed E-state index contributed by atoms with van der Waals surface area (Å²) in [5.74, 6) is -0.343. The quantitative estimate of drug-likeness (QED) is 0.533. The Morgan fingerprint density at radius 3 is 2.57 bits per heavy atom. The molecule has 3 rings (SSSR count). The van der Waals surface area contributed by atoms with Crippen LogP contribution in [-0.2, 0) is 16.0 Å². The number of thioether (sulfide) groups is 1. The van der Waals surface area contributed by atoms with Crippen molar-refractivity contribution in [2.24, 2.45) is 0 Å². The molecule has 0 radical (unpaired) electrons. The van der Waals surface area contributed by atoms with Crippen molar-refractivity contribution in [3.05, 3.63) is 66.4 Å². The van der Waals surface area contributed by atoms with Crippen LogP contribution in [0.5, 0.6) is 0 Å². The van der Waals surface area contributed by atoms with Crippen LogP contribution in [-0.4, -0.2) is 45.5 Å². The van der Waals surface area contributed by atoms with E-state index in [1.165, 1.54) is 16.7 Å². The van der Waals surface area contributed by atoms with Gasteiger partial charge in [0.25, 0.3) is 0 Å². The van der Waals surface area contributed by atoms with Gasteiger partial charge in [-0.15, -0.1) is 0 Å². The molecule has 1 aromatic heterocycles. The number of aromatic amines is 1. The average molecular weight is 423 g/mol. The number of rotatable bonds is 8. The van der Waals surface area contributed by atoms with Crippen molar-refractivity contribution in [3.8, 4) is 11.3 Å². The molecular weight excluding hydrogens is 396 g/mol. The van der Waals surface area contributed by atoms with Crippen molar-refractivity contribution >= 4 is 29.3 Å². The third-order valence-corrected chi connectivity index (χ3v) is 5.69. The molecule has 1 atom stereocenters. The molecule has 0 aliphatic heterocycles. The number of hydrogen-bond acceptors (Lipinski definition) is 4. The van der Waals surface area contributed by atoms with Gasteiger partial charge in [0.05, 0.1) is 23.7 Å². The number of carbonyl (C=O) groups excluding carboxylic acids is 2. The number of likely N-dealkylation sites (N-methyl/N-ethyl adjacent to an activating group) is 1. The minimum atomic E-state index is -0.375. The van der Waals surface area contributed by atoms with Gasteiger partial charge in [-0.3, -0.25) is 9.59 Å². The van der Waals surface area contributed by atoms with E-state index >= 15 is 0 Å². The maximum Gasteiger partial charge on any atom is 0.243 e. The summed E-state index contributed by atoms with van der Waals surface area (Å²) in [4.78, 5) is 34.2. The lowest BCUT2D eigenvalue weighted by Crippen LogP contribution is -2.39. The van der Waals surface area contributed by atoms with E-state index in [4.69, 9.17) is 0 Å². The largest absolute Gasteiger partial charge is 0.335 e. The fraction of sp³-hybridized carbons (Fsp3) is 0.261. The first-order valence-corrected chi connectivity index (χ1v) is 10.8. The number of para-hydroxylation sites is 1. The number of benzene rings is 2. The maximum absolute atomic E-state index is 12.7. The van der Waals surface area contributed by atoms with E-state index in [9.17, 15) is 9.59 Å². The second kappa shape index (κ2) is 10.1. The van der Waals surface area contributed by atoms with E-state index < -0.39 is 0 Å². The van der Waals surface area contributed by atoms with Gasteiger partial charge < -0.3 is 15.2 Å². The van der Waals surface area contributed by atoms with Crippen LogP contribution in [0.25, 0.3) is 11.3 Å². The molecular formula is C23H26N4O2S. The van der Waals surface area contributed by atoms with E-state index in [1.54, 1.807) is 13.2 Å². The smallest absolute Gasteiger partial charge is 0.243 e. The van der Waals surface area contributed by atoms with E-state index in [1.807, 2.05) is 68.4 Å². The second-order valence-corrected chi connectivity index (χ2v) is 8.31. The molecule has 156 valence electrons. The first kappa shape index (κ1) is 21.6. The van der Waals surface area contributed by atoms with Crippen LogP contribution < -0.4 is 5.32 Å². The molecule has 30 heavy (non-hydrogen) atoms. The first-order chi connectivity index (χ1) is 14.5. The number of nitrogens with zero attached hydrogens (tertiary/aromatic N) is 2. The zero-order chi connectivity index (χ0) is 21.5. The van der Waals surface area contributed by atoms with Crippen LogP contribution in [0, 0.1) is 0 Å². The molecule has 3 aromatic rings. The van der Waals surface area contributed by atoms with Gasteiger partial charge >= 0.3 is 0 Å². The Morgan fingerprint density at radius 1 is 1.13 bits per heavy atom. The molecule has 0 fully saturated rings. The Bertz CT molecular complexity index is 1000. The number of carbonyl (C=O) groups is 2. The van der Waals surface area contributed by atoms with Gasteiger partial charge in [-0.25, -0.2) is 4.98 Å². The number of hydrogen-bond donors (Lipinski definition) is 2. The molecule has 0 aliphatic carbocycles. The van der Waals surface area contributed by atoms with Crippen LogP contribution in [0.4, 0.5) is 5.69 Å². The van der Waals surface area contributed by atoms with Crippen molar-refractivity contribution in [1.82, 2.24) is 14.9 Å². The summed E-state index contributed by atoms with van der Waals surface area (Å²) in [6.07, 6.45) is 2.59. The monoisotopic (exact) mass is 422 g/mol. The highest BCUT2D eigenvalue weighted by Gasteiger charge is 2.22. The summed E-state index contributed by atoms with van der Waals surface area (Å²) >= 11 is 1.34. The molecule has 0 bridgehead atoms. The van der Waals surface area contributed by atoms with Gasteiger partial charge in [-0.05, 0) is 30.5 Å². The summed E-state index contributed by atoms with van der Waals surface area (Å²) in [5, 5.41) is 3.20. The number of aromatic nitrogens is 2. The molecule has 2 amide bonds. The van der Waals surface area contributed by atoms with Crippen LogP contribution >= 0.6 is 11.8 Å². The van der Waals surface area contributed by atoms with Crippen molar-refractivity contribution in [1.29, 1.82) is 0 Å². The van der Waals surface area contributed by atoms with E-state index in [-0.39, 0.29) is 23.6 Å². The number of amides is 2. The molecule has 7 heteroatoms. The highest BCUT2D eigenvalue weighted by atomic mass is 32.2. The lowest BCUT2D eigenvalue weighted by molar-refractivity contribution is -0.132. The highest BCUT2D eigenvalue weighted by molar-refractivity contribution is 8.00. The lowest BCUT2D eigenvalue weighted by atomic mass is 10.1. The van der Waals surface area contributed by atoms with Crippen LogP contribution in [0.1, 0.15) is 19.4 Å². The number of nitrogens with one attached hydrogen (secondary N) is 2. The summed E-state index contributed by atoms with van der Waals surface area (Å²) in [6, 6.07) is 17.6. The van der Waals surface area contributed by atoms with Crippen molar-refractivity contribution in [2.45, 2.75) is 30.7 Å². The van der Waals surface area contributed by atoms with Crippen LogP contribution in [0.2, 0.25) is 0 Å². The van der Waals surface area contributed by atoms with Crippen molar-refractivity contribution in [2.75, 3.05) is 18.9 Å². The van der Waals surface area contributed by atoms with Crippen molar-refractivity contribution in [3.63, 3.8) is 0 Å². The molecule has 2 aromatic carbocycles. The Hall–Kier alpha value is -3.06. The Kier molecular flexibility index (Phi) is 7.30. The number of aryl methyl sites for hydroxylation is 1. The summed E-state index contributed by atoms with van der Waals surface area (Å²) in [6.45, 7) is 3.85. The Balaban J connectivity index is 1.55. The fourth-order valence-electron chi connectivity index (χ4n) is 3.09. The predicted octanol–water partition coefficient (Wildman–Crippen LogP) is 4.22. The zero-order valence-corrected chi connectivity index (χ0v) is 18.2. The van der Waals surface area contributed by atoms with Gasteiger partial charge in [-0.1, -0.05) is 67.2 Å². The molecule has 1 unspecified atom stereocenters. The summed E-state index contributed by atoms with van der Waals surface area (Å²) < 4.78 is 0. The number of anilines is 1. The minimum absolute atomic E-state index is 0.00476. The molecule has 0 saturated carbocycles. The third kappa shape index (κ3) is 5.51. The van der Waals surface area contributed by atoms with Gasteiger partial charge in [0.2, 0.25) is 11.8 Å². The van der Waals surface area contributed by atoms with E-state index in [2.05, 4.69) is 15.3 Å². The van der Waals surface area contributed by atoms with Crippen molar-refractivity contribution < 1.29 is 9.59 Å². The minimum Gasteiger partial charge on any atom is -0.335 e. The molecule has 0 spiro atoms. The molecule has 1 heterocycles. The Labute approximate surface area is 181 Å². The van der Waals surface area contributed by atoms with Crippen LogP contribution in [0.15, 0.2) is 66.0 Å². The van der Waals surface area contributed by atoms with Gasteiger partial charge in [0, 0.05) is 12.7 Å². The zero-order valence-electron chi connectivity index (χ0n) is 17.4. The lowest BCUT2D eigenvalue weighted by Gasteiger charge is -2.20. The van der Waals surface area contributed by atoms with E-state index in [0.717, 1.165) is 28.9 Å². The molecule has 0 saturated heterocycles. The standard InChI is InChI=1S/C23H26N4O2S/c1-4-17-10-8-9-13-19(17)25-21(28)15-27(3)22(29)16(2)30-23-24-14-20(26-23)18-11-6-5-7-12-18/h5-14,16H,4,15H2,1-3H3,(H,24,26)(H,25,28). The van der Waals surface area contributed by atoms with Crippen LogP contribution in [0.3, 0.4) is 0 Å². The predicted molar refractivity (Wildman–Crippen MR) is 121 cm³/mol. The fourth-order valence-corrected chi connectivity index (χ4v) is 3.99. The third-order valence-electron chi connectivity index (χ3n) is 4.70. The van der Waals surface area contributed by atoms with Gasteiger partial charge in [0.15, 0.2) is 5.16 Å². The maximum atomic E-state index is 12.7.